The van der Waals surface area contributed by atoms with E-state index in [1.165, 1.54) is 146 Å². The molecule has 0 amide bonds. The summed E-state index contributed by atoms with van der Waals surface area (Å²) in [5, 5.41) is 0. The molecule has 1 nitrogen and oxygen atoms in total. The van der Waals surface area contributed by atoms with Gasteiger partial charge in [-0.1, -0.05) is 78.1 Å². The van der Waals surface area contributed by atoms with Gasteiger partial charge in [-0.2, -0.15) is 0 Å². The van der Waals surface area contributed by atoms with E-state index < -0.39 is 0 Å². The Kier molecular flexibility index (Phi) is 18.8. The highest BCUT2D eigenvalue weighted by molar-refractivity contribution is 4.56. The molecule has 1 saturated heterocycles. The molecule has 26 heavy (non-hydrogen) atoms. The average Bonchev–Trinajstić information content (AvgIpc) is 2.86. The van der Waals surface area contributed by atoms with E-state index in [0.29, 0.717) is 0 Å². The molecule has 1 aliphatic rings. The van der Waals surface area contributed by atoms with Crippen LogP contribution in [0.5, 0.6) is 0 Å². The summed E-state index contributed by atoms with van der Waals surface area (Å²) in [6.07, 6.45) is 26.4. The molecule has 0 aromatic heterocycles. The van der Waals surface area contributed by atoms with Crippen LogP contribution in [0, 0.1) is 0 Å². The second-order valence-corrected chi connectivity index (χ2v) is 8.89. The van der Waals surface area contributed by atoms with E-state index in [9.17, 15) is 0 Å². The maximum Gasteiger partial charge on any atom is 0.0786 e. The molecular formula is C24H50ClN. The molecule has 0 atom stereocenters. The van der Waals surface area contributed by atoms with Gasteiger partial charge in [-0.15, -0.1) is 0 Å². The van der Waals surface area contributed by atoms with Gasteiger partial charge in [0, 0.05) is 0 Å². The first-order valence-electron chi connectivity index (χ1n) is 12.2. The van der Waals surface area contributed by atoms with Crippen LogP contribution in [-0.4, -0.2) is 30.7 Å². The highest BCUT2D eigenvalue weighted by atomic mass is 35.5. The van der Waals surface area contributed by atoms with Gasteiger partial charge >= 0.3 is 0 Å². The summed E-state index contributed by atoms with van der Waals surface area (Å²) >= 11 is 0. The first-order chi connectivity index (χ1) is 12.3. The third-order valence-corrected chi connectivity index (χ3v) is 6.49. The number of rotatable bonds is 16. The molecule has 0 N–H and O–H groups in total. The molecule has 1 aliphatic heterocycles. The van der Waals surface area contributed by atoms with Gasteiger partial charge < -0.3 is 16.9 Å². The molecule has 0 aromatic rings. The third-order valence-electron chi connectivity index (χ3n) is 6.49. The summed E-state index contributed by atoms with van der Waals surface area (Å²) in [7, 11) is 0. The van der Waals surface area contributed by atoms with Crippen molar-refractivity contribution in [1.29, 1.82) is 0 Å². The Morgan fingerprint density at radius 1 is 0.462 bits per heavy atom. The zero-order chi connectivity index (χ0) is 18.1. The van der Waals surface area contributed by atoms with Crippen molar-refractivity contribution in [3.63, 3.8) is 0 Å². The lowest BCUT2D eigenvalue weighted by Gasteiger charge is -2.38. The lowest BCUT2D eigenvalue weighted by molar-refractivity contribution is -0.928. The van der Waals surface area contributed by atoms with Gasteiger partial charge in [0.2, 0.25) is 0 Å². The minimum absolute atomic E-state index is 0. The van der Waals surface area contributed by atoms with E-state index in [-0.39, 0.29) is 12.4 Å². The van der Waals surface area contributed by atoms with Crippen LogP contribution in [0.15, 0.2) is 0 Å². The monoisotopic (exact) mass is 387 g/mol. The molecule has 1 fully saturated rings. The molecule has 0 spiro atoms. The van der Waals surface area contributed by atoms with Crippen molar-refractivity contribution < 1.29 is 16.9 Å². The number of likely N-dealkylation sites (tertiary alicyclic amines) is 1. The van der Waals surface area contributed by atoms with Gasteiger partial charge in [0.15, 0.2) is 0 Å². The fourth-order valence-electron chi connectivity index (χ4n) is 4.73. The maximum absolute atomic E-state index is 2.33. The minimum Gasteiger partial charge on any atom is -1.00 e. The molecule has 0 unspecified atom stereocenters. The van der Waals surface area contributed by atoms with Crippen molar-refractivity contribution in [2.45, 2.75) is 129 Å². The van der Waals surface area contributed by atoms with Crippen LogP contribution in [0.2, 0.25) is 0 Å². The first kappa shape index (κ1) is 26.2. The summed E-state index contributed by atoms with van der Waals surface area (Å²) < 4.78 is 1.49. The van der Waals surface area contributed by atoms with Crippen LogP contribution >= 0.6 is 0 Å². The SMILES string of the molecule is CCCCCCCCCCCC[N+]1(CCCCCC)CCCCCC1.[Cl-]. The van der Waals surface area contributed by atoms with Crippen molar-refractivity contribution in [3.05, 3.63) is 0 Å². The predicted octanol–water partition coefficient (Wildman–Crippen LogP) is 4.88. The van der Waals surface area contributed by atoms with E-state index in [4.69, 9.17) is 0 Å². The topological polar surface area (TPSA) is 0 Å². The van der Waals surface area contributed by atoms with Crippen LogP contribution in [0.1, 0.15) is 129 Å². The van der Waals surface area contributed by atoms with Crippen molar-refractivity contribution in [2.24, 2.45) is 0 Å². The van der Waals surface area contributed by atoms with Gasteiger partial charge in [0.25, 0.3) is 0 Å². The molecule has 1 heterocycles. The molecule has 158 valence electrons. The van der Waals surface area contributed by atoms with Gasteiger partial charge in [-0.05, 0) is 51.4 Å². The van der Waals surface area contributed by atoms with Crippen LogP contribution in [0.25, 0.3) is 0 Å². The van der Waals surface area contributed by atoms with Crippen LogP contribution < -0.4 is 12.4 Å². The number of unbranched alkanes of at least 4 members (excludes halogenated alkanes) is 12. The maximum atomic E-state index is 2.33. The van der Waals surface area contributed by atoms with Crippen molar-refractivity contribution in [2.75, 3.05) is 26.2 Å². The third kappa shape index (κ3) is 13.4. The van der Waals surface area contributed by atoms with Crippen molar-refractivity contribution in [1.82, 2.24) is 0 Å². The standard InChI is InChI=1S/C24H50N.ClH/c1-3-5-7-9-10-11-12-13-14-18-22-25(21-17-8-6-4-2)23-19-15-16-20-24-25;/h3-24H2,1-2H3;1H/q+1;/p-1. The van der Waals surface area contributed by atoms with Gasteiger partial charge in [-0.25, -0.2) is 0 Å². The summed E-state index contributed by atoms with van der Waals surface area (Å²) in [6, 6.07) is 0. The summed E-state index contributed by atoms with van der Waals surface area (Å²) in [4.78, 5) is 0. The van der Waals surface area contributed by atoms with Crippen LogP contribution in [0.3, 0.4) is 0 Å². The second-order valence-electron chi connectivity index (χ2n) is 8.89. The lowest BCUT2D eigenvalue weighted by Crippen LogP contribution is -3.00. The number of hydrogen-bond acceptors (Lipinski definition) is 0. The van der Waals surface area contributed by atoms with Crippen LogP contribution in [0.4, 0.5) is 0 Å². The fourth-order valence-corrected chi connectivity index (χ4v) is 4.73. The molecule has 0 aromatic carbocycles. The molecule has 0 aliphatic carbocycles. The normalized spacial score (nSPS) is 16.8. The first-order valence-corrected chi connectivity index (χ1v) is 12.2. The molecule has 0 bridgehead atoms. The second kappa shape index (κ2) is 18.6. The van der Waals surface area contributed by atoms with E-state index in [1.54, 1.807) is 0 Å². The van der Waals surface area contributed by atoms with E-state index in [0.717, 1.165) is 0 Å². The smallest absolute Gasteiger partial charge is 0.0786 e. The Bertz CT molecular complexity index is 271. The van der Waals surface area contributed by atoms with E-state index >= 15 is 0 Å². The Morgan fingerprint density at radius 2 is 0.808 bits per heavy atom. The molecule has 2 heteroatoms. The van der Waals surface area contributed by atoms with Gasteiger partial charge in [-0.3, -0.25) is 0 Å². The number of nitrogens with zero attached hydrogens (tertiary/aromatic N) is 1. The van der Waals surface area contributed by atoms with Crippen molar-refractivity contribution in [3.8, 4) is 0 Å². The Morgan fingerprint density at radius 3 is 1.23 bits per heavy atom. The number of quaternary nitrogens is 1. The summed E-state index contributed by atoms with van der Waals surface area (Å²) in [6.45, 7) is 10.6. The molecule has 0 saturated carbocycles. The highest BCUT2D eigenvalue weighted by Crippen LogP contribution is 2.22. The van der Waals surface area contributed by atoms with E-state index in [1.807, 2.05) is 0 Å². The van der Waals surface area contributed by atoms with Gasteiger partial charge in [0.05, 0.1) is 26.2 Å². The molecular weight excluding hydrogens is 338 g/mol. The Hall–Kier alpha value is 0.250. The summed E-state index contributed by atoms with van der Waals surface area (Å²) in [5.41, 5.74) is 0. The minimum atomic E-state index is 0. The fraction of sp³-hybridized carbons (Fsp3) is 1.00. The van der Waals surface area contributed by atoms with Gasteiger partial charge in [0.1, 0.15) is 0 Å². The van der Waals surface area contributed by atoms with Crippen LogP contribution in [-0.2, 0) is 0 Å². The quantitative estimate of drug-likeness (QED) is 0.261. The average molecular weight is 388 g/mol. The largest absolute Gasteiger partial charge is 1.00 e. The molecule has 0 radical (unpaired) electrons. The Balaban J connectivity index is 0.00000625. The number of halogens is 1. The van der Waals surface area contributed by atoms with Crippen molar-refractivity contribution >= 4 is 0 Å². The Labute approximate surface area is 172 Å². The highest BCUT2D eigenvalue weighted by Gasteiger charge is 2.27. The summed E-state index contributed by atoms with van der Waals surface area (Å²) in [5.74, 6) is 0. The predicted molar refractivity (Wildman–Crippen MR) is 114 cm³/mol. The molecule has 1 rings (SSSR count). The van der Waals surface area contributed by atoms with E-state index in [2.05, 4.69) is 13.8 Å². The number of hydrogen-bond donors (Lipinski definition) is 0. The lowest BCUT2D eigenvalue weighted by atomic mass is 10.1. The zero-order valence-corrected chi connectivity index (χ0v) is 19.1. The zero-order valence-electron chi connectivity index (χ0n) is 18.4.